The van der Waals surface area contributed by atoms with Gasteiger partial charge < -0.3 is 4.42 Å². The molecule has 15 heavy (non-hydrogen) atoms. The Kier molecular flexibility index (Phi) is 2.78. The van der Waals surface area contributed by atoms with Gasteiger partial charge in [0.1, 0.15) is 0 Å². The normalized spacial score (nSPS) is 10.2. The number of aromatic nitrogens is 2. The molecule has 1 aromatic heterocycles. The number of halogens is 1. The minimum Gasteiger partial charge on any atom is -0.414 e. The summed E-state index contributed by atoms with van der Waals surface area (Å²) in [6.45, 7) is 0. The zero-order chi connectivity index (χ0) is 10.7. The molecule has 2 aromatic rings. The number of alkyl halides is 1. The van der Waals surface area contributed by atoms with E-state index in [1.807, 2.05) is 30.3 Å². The van der Waals surface area contributed by atoms with Crippen molar-refractivity contribution in [2.24, 2.45) is 0 Å². The van der Waals surface area contributed by atoms with E-state index in [0.29, 0.717) is 5.89 Å². The first-order valence-corrected chi connectivity index (χ1v) is 4.83. The van der Waals surface area contributed by atoms with Gasteiger partial charge in [0, 0.05) is 5.56 Å². The fourth-order valence-electron chi connectivity index (χ4n) is 1.09. The molecule has 0 aliphatic heterocycles. The van der Waals surface area contributed by atoms with E-state index >= 15 is 0 Å². The van der Waals surface area contributed by atoms with Crippen molar-refractivity contribution in [3.63, 3.8) is 0 Å². The third-order valence-electron chi connectivity index (χ3n) is 1.81. The molecule has 0 spiro atoms. The van der Waals surface area contributed by atoms with E-state index in [1.165, 1.54) is 0 Å². The average Bonchev–Trinajstić information content (AvgIpc) is 2.78. The van der Waals surface area contributed by atoms with Crippen LogP contribution in [0.2, 0.25) is 0 Å². The van der Waals surface area contributed by atoms with Gasteiger partial charge in [0.05, 0.1) is 5.88 Å². The second-order valence-electron chi connectivity index (χ2n) is 2.84. The van der Waals surface area contributed by atoms with Crippen LogP contribution in [0.15, 0.2) is 34.7 Å². The largest absolute Gasteiger partial charge is 0.414 e. The van der Waals surface area contributed by atoms with E-state index in [-0.39, 0.29) is 17.6 Å². The molecule has 4 nitrogen and oxygen atoms in total. The van der Waals surface area contributed by atoms with Gasteiger partial charge in [-0.2, -0.15) is 0 Å². The molecular formula is C10H7ClN2O2. The van der Waals surface area contributed by atoms with Gasteiger partial charge in [0.25, 0.3) is 5.89 Å². The molecule has 5 heteroatoms. The van der Waals surface area contributed by atoms with Crippen LogP contribution in [0.4, 0.5) is 0 Å². The Labute approximate surface area is 90.9 Å². The molecule has 0 atom stereocenters. The second kappa shape index (κ2) is 4.23. The van der Waals surface area contributed by atoms with E-state index < -0.39 is 0 Å². The summed E-state index contributed by atoms with van der Waals surface area (Å²) in [6.07, 6.45) is 0. The number of rotatable bonds is 3. The van der Waals surface area contributed by atoms with E-state index in [1.54, 1.807) is 0 Å². The quantitative estimate of drug-likeness (QED) is 0.590. The fourth-order valence-corrected chi connectivity index (χ4v) is 1.20. The van der Waals surface area contributed by atoms with Crippen molar-refractivity contribution in [1.29, 1.82) is 0 Å². The first-order valence-electron chi connectivity index (χ1n) is 4.29. The van der Waals surface area contributed by atoms with Gasteiger partial charge in [0.2, 0.25) is 11.7 Å². The van der Waals surface area contributed by atoms with Crippen LogP contribution in [-0.2, 0) is 0 Å². The third kappa shape index (κ3) is 2.05. The molecule has 0 radical (unpaired) electrons. The summed E-state index contributed by atoms with van der Waals surface area (Å²) in [5, 5.41) is 7.37. The summed E-state index contributed by atoms with van der Waals surface area (Å²) in [4.78, 5) is 11.1. The average molecular weight is 223 g/mol. The molecule has 0 saturated carbocycles. The molecule has 1 heterocycles. The number of nitrogens with zero attached hydrogens (tertiary/aromatic N) is 2. The lowest BCUT2D eigenvalue weighted by atomic mass is 10.2. The van der Waals surface area contributed by atoms with Gasteiger partial charge in [-0.1, -0.05) is 18.2 Å². The van der Waals surface area contributed by atoms with Gasteiger partial charge in [-0.3, -0.25) is 4.79 Å². The molecule has 0 aliphatic carbocycles. The maximum atomic E-state index is 11.1. The Morgan fingerprint density at radius 2 is 2.00 bits per heavy atom. The summed E-state index contributed by atoms with van der Waals surface area (Å²) >= 11 is 5.36. The fraction of sp³-hybridized carbons (Fsp3) is 0.100. The molecule has 0 aliphatic rings. The first-order chi connectivity index (χ1) is 7.31. The van der Waals surface area contributed by atoms with Crippen molar-refractivity contribution >= 4 is 17.4 Å². The minimum atomic E-state index is -0.369. The van der Waals surface area contributed by atoms with E-state index in [0.717, 1.165) is 5.56 Å². The zero-order valence-electron chi connectivity index (χ0n) is 7.68. The maximum absolute atomic E-state index is 11.1. The van der Waals surface area contributed by atoms with E-state index in [9.17, 15) is 4.79 Å². The van der Waals surface area contributed by atoms with Crippen molar-refractivity contribution in [3.05, 3.63) is 36.2 Å². The molecule has 0 amide bonds. The van der Waals surface area contributed by atoms with Crippen LogP contribution in [0, 0.1) is 0 Å². The number of carbonyl (C=O) groups excluding carboxylic acids is 1. The van der Waals surface area contributed by atoms with E-state index in [4.69, 9.17) is 16.0 Å². The van der Waals surface area contributed by atoms with E-state index in [2.05, 4.69) is 10.2 Å². The Morgan fingerprint density at radius 3 is 2.67 bits per heavy atom. The lowest BCUT2D eigenvalue weighted by Crippen LogP contribution is -1.99. The lowest BCUT2D eigenvalue weighted by Gasteiger charge is -1.91. The van der Waals surface area contributed by atoms with Crippen molar-refractivity contribution in [1.82, 2.24) is 10.2 Å². The Morgan fingerprint density at radius 1 is 1.27 bits per heavy atom. The van der Waals surface area contributed by atoms with Crippen LogP contribution >= 0.6 is 11.6 Å². The van der Waals surface area contributed by atoms with Gasteiger partial charge in [-0.05, 0) is 12.1 Å². The monoisotopic (exact) mass is 222 g/mol. The number of ketones is 1. The van der Waals surface area contributed by atoms with Crippen LogP contribution < -0.4 is 0 Å². The minimum absolute atomic E-state index is 0.0520. The summed E-state index contributed by atoms with van der Waals surface area (Å²) in [6, 6.07) is 9.22. The topological polar surface area (TPSA) is 56.0 Å². The highest BCUT2D eigenvalue weighted by Crippen LogP contribution is 2.16. The van der Waals surface area contributed by atoms with Crippen LogP contribution in [0.5, 0.6) is 0 Å². The number of hydrogen-bond acceptors (Lipinski definition) is 4. The number of benzene rings is 1. The molecule has 0 saturated heterocycles. The highest BCUT2D eigenvalue weighted by molar-refractivity contribution is 6.29. The first kappa shape index (κ1) is 9.86. The van der Waals surface area contributed by atoms with Gasteiger partial charge in [-0.15, -0.1) is 21.8 Å². The maximum Gasteiger partial charge on any atom is 0.285 e. The molecule has 0 N–H and O–H groups in total. The highest BCUT2D eigenvalue weighted by atomic mass is 35.5. The van der Waals surface area contributed by atoms with Gasteiger partial charge in [0.15, 0.2) is 0 Å². The summed E-state index contributed by atoms with van der Waals surface area (Å²) in [5.74, 6) is -0.254. The molecule has 1 aromatic carbocycles. The van der Waals surface area contributed by atoms with Crippen LogP contribution in [0.3, 0.4) is 0 Å². The SMILES string of the molecule is O=C(CCl)c1nnc(-c2ccccc2)o1. The zero-order valence-corrected chi connectivity index (χ0v) is 8.44. The van der Waals surface area contributed by atoms with Crippen molar-refractivity contribution in [3.8, 4) is 11.5 Å². The van der Waals surface area contributed by atoms with Crippen LogP contribution in [0.1, 0.15) is 10.7 Å². The Hall–Kier alpha value is -1.68. The Bertz CT molecular complexity index is 467. The smallest absolute Gasteiger partial charge is 0.285 e. The Balaban J connectivity index is 2.32. The second-order valence-corrected chi connectivity index (χ2v) is 3.10. The highest BCUT2D eigenvalue weighted by Gasteiger charge is 2.14. The molecule has 0 bridgehead atoms. The molecule has 76 valence electrons. The standard InChI is InChI=1S/C10H7ClN2O2/c11-6-8(14)10-13-12-9(15-10)7-4-2-1-3-5-7/h1-5H,6H2. The summed E-state index contributed by atoms with van der Waals surface area (Å²) < 4.78 is 5.17. The summed E-state index contributed by atoms with van der Waals surface area (Å²) in [5.41, 5.74) is 0.777. The predicted octanol–water partition coefficient (Wildman–Crippen LogP) is 2.16. The molecule has 0 unspecified atom stereocenters. The van der Waals surface area contributed by atoms with Crippen molar-refractivity contribution < 1.29 is 9.21 Å². The predicted molar refractivity (Wildman–Crippen MR) is 54.8 cm³/mol. The number of hydrogen-bond donors (Lipinski definition) is 0. The lowest BCUT2D eigenvalue weighted by molar-refractivity contribution is 0.0985. The molecule has 2 rings (SSSR count). The van der Waals surface area contributed by atoms with Crippen molar-refractivity contribution in [2.45, 2.75) is 0 Å². The summed E-state index contributed by atoms with van der Waals surface area (Å²) in [7, 11) is 0. The van der Waals surface area contributed by atoms with Gasteiger partial charge in [-0.25, -0.2) is 0 Å². The van der Waals surface area contributed by atoms with Crippen LogP contribution in [0.25, 0.3) is 11.5 Å². The van der Waals surface area contributed by atoms with Gasteiger partial charge >= 0.3 is 0 Å². The molecule has 0 fully saturated rings. The van der Waals surface area contributed by atoms with Crippen LogP contribution in [-0.4, -0.2) is 21.9 Å². The molecular weight excluding hydrogens is 216 g/mol. The number of carbonyl (C=O) groups is 1. The third-order valence-corrected chi connectivity index (χ3v) is 2.05. The number of Topliss-reactive ketones (excluding diaryl/α,β-unsaturated/α-hetero) is 1. The van der Waals surface area contributed by atoms with Crippen molar-refractivity contribution in [2.75, 3.05) is 5.88 Å².